The van der Waals surface area contributed by atoms with Crippen molar-refractivity contribution >= 4 is 50.9 Å². The normalized spacial score (nSPS) is 10.7. The average molecular weight is 482 g/mol. The minimum absolute atomic E-state index is 0.0962. The number of halogens is 3. The van der Waals surface area contributed by atoms with Gasteiger partial charge in [-0.25, -0.2) is 4.39 Å². The lowest BCUT2D eigenvalue weighted by molar-refractivity contribution is -0.113. The van der Waals surface area contributed by atoms with Crippen molar-refractivity contribution in [3.05, 3.63) is 70.4 Å². The molecule has 0 bridgehead atoms. The molecule has 2 aromatic carbocycles. The third kappa shape index (κ3) is 4.81. The van der Waals surface area contributed by atoms with Crippen LogP contribution in [0, 0.1) is 5.82 Å². The summed E-state index contributed by atoms with van der Waals surface area (Å²) in [5.41, 5.74) is 0.866. The lowest BCUT2D eigenvalue weighted by atomic mass is 10.2. The predicted molar refractivity (Wildman–Crippen MR) is 114 cm³/mol. The largest absolute Gasteiger partial charge is 0.324 e. The highest BCUT2D eigenvalue weighted by Crippen LogP contribution is 2.28. The fraction of sp³-hybridized carbons (Fsp3) is 0.105. The first-order chi connectivity index (χ1) is 13.5. The Labute approximate surface area is 179 Å². The number of benzene rings is 2. The van der Waals surface area contributed by atoms with E-state index in [2.05, 4.69) is 38.0 Å². The van der Waals surface area contributed by atoms with Crippen LogP contribution in [0.25, 0.3) is 11.4 Å². The minimum atomic E-state index is -0.389. The van der Waals surface area contributed by atoms with Gasteiger partial charge in [-0.2, -0.15) is 0 Å². The summed E-state index contributed by atoms with van der Waals surface area (Å²) < 4.78 is 16.7. The van der Waals surface area contributed by atoms with Crippen LogP contribution in [0.1, 0.15) is 0 Å². The molecule has 3 rings (SSSR count). The smallest absolute Gasteiger partial charge is 0.234 e. The van der Waals surface area contributed by atoms with Crippen molar-refractivity contribution in [2.24, 2.45) is 0 Å². The van der Waals surface area contributed by atoms with Gasteiger partial charge in [0, 0.05) is 11.0 Å². The van der Waals surface area contributed by atoms with Crippen LogP contribution < -0.4 is 5.32 Å². The fourth-order valence-corrected chi connectivity index (χ4v) is 3.91. The van der Waals surface area contributed by atoms with E-state index in [0.717, 1.165) is 4.47 Å². The Bertz CT molecular complexity index is 1030. The summed E-state index contributed by atoms with van der Waals surface area (Å²) in [6.07, 6.45) is 1.67. The van der Waals surface area contributed by atoms with Gasteiger partial charge in [0.15, 0.2) is 11.0 Å². The number of nitrogens with one attached hydrogen (secondary N) is 1. The third-order valence-electron chi connectivity index (χ3n) is 3.68. The molecule has 0 aliphatic rings. The molecule has 1 aromatic heterocycles. The van der Waals surface area contributed by atoms with Gasteiger partial charge < -0.3 is 5.32 Å². The molecule has 0 atom stereocenters. The summed E-state index contributed by atoms with van der Waals surface area (Å²) >= 11 is 10.6. The maximum Gasteiger partial charge on any atom is 0.234 e. The molecule has 0 aliphatic heterocycles. The van der Waals surface area contributed by atoms with Crippen molar-refractivity contribution in [2.45, 2.75) is 11.7 Å². The van der Waals surface area contributed by atoms with E-state index in [9.17, 15) is 9.18 Å². The van der Waals surface area contributed by atoms with Gasteiger partial charge in [0.25, 0.3) is 0 Å². The van der Waals surface area contributed by atoms with Crippen LogP contribution in [0.5, 0.6) is 0 Å². The highest BCUT2D eigenvalue weighted by Gasteiger charge is 2.17. The van der Waals surface area contributed by atoms with E-state index in [-0.39, 0.29) is 17.5 Å². The Morgan fingerprint density at radius 1 is 1.32 bits per heavy atom. The van der Waals surface area contributed by atoms with E-state index >= 15 is 0 Å². The monoisotopic (exact) mass is 480 g/mol. The molecule has 28 heavy (non-hydrogen) atoms. The molecule has 3 aromatic rings. The number of aromatic nitrogens is 3. The number of rotatable bonds is 7. The van der Waals surface area contributed by atoms with Crippen molar-refractivity contribution in [1.82, 2.24) is 14.8 Å². The number of nitrogens with zero attached hydrogens (tertiary/aromatic N) is 3. The number of hydrogen-bond acceptors (Lipinski definition) is 4. The molecule has 1 amide bonds. The number of thioether (sulfide) groups is 1. The van der Waals surface area contributed by atoms with Gasteiger partial charge in [0.2, 0.25) is 5.91 Å². The highest BCUT2D eigenvalue weighted by atomic mass is 79.9. The molecule has 9 heteroatoms. The fourth-order valence-electron chi connectivity index (χ4n) is 2.44. The molecular weight excluding hydrogens is 467 g/mol. The van der Waals surface area contributed by atoms with Crippen molar-refractivity contribution in [3.8, 4) is 11.4 Å². The van der Waals surface area contributed by atoms with E-state index in [1.54, 1.807) is 47.0 Å². The zero-order valence-corrected chi connectivity index (χ0v) is 17.7. The van der Waals surface area contributed by atoms with Crippen LogP contribution in [0.4, 0.5) is 10.1 Å². The van der Waals surface area contributed by atoms with E-state index < -0.39 is 0 Å². The van der Waals surface area contributed by atoms with Gasteiger partial charge in [0.05, 0.1) is 22.0 Å². The molecule has 0 saturated carbocycles. The van der Waals surface area contributed by atoms with Crippen molar-refractivity contribution in [3.63, 3.8) is 0 Å². The molecule has 0 unspecified atom stereocenters. The Balaban J connectivity index is 1.74. The molecule has 1 N–H and O–H groups in total. The molecule has 144 valence electrons. The average Bonchev–Trinajstić information content (AvgIpc) is 3.06. The summed E-state index contributed by atoms with van der Waals surface area (Å²) in [5, 5.41) is 11.9. The van der Waals surface area contributed by atoms with Crippen LogP contribution in [-0.2, 0) is 11.3 Å². The van der Waals surface area contributed by atoms with E-state index in [1.807, 2.05) is 0 Å². The van der Waals surface area contributed by atoms with Crippen LogP contribution >= 0.6 is 39.3 Å². The van der Waals surface area contributed by atoms with Crippen molar-refractivity contribution in [1.29, 1.82) is 0 Å². The van der Waals surface area contributed by atoms with Crippen LogP contribution in [0.2, 0.25) is 5.02 Å². The summed E-state index contributed by atoms with van der Waals surface area (Å²) in [6.45, 7) is 4.11. The molecule has 0 aliphatic carbocycles. The maximum atomic E-state index is 14.1. The van der Waals surface area contributed by atoms with Gasteiger partial charge in [-0.05, 0) is 30.3 Å². The summed E-state index contributed by atoms with van der Waals surface area (Å²) in [4.78, 5) is 12.3. The first-order valence-electron chi connectivity index (χ1n) is 8.16. The molecule has 0 radical (unpaired) electrons. The second-order valence-electron chi connectivity index (χ2n) is 5.65. The van der Waals surface area contributed by atoms with Gasteiger partial charge in [-0.3, -0.25) is 9.36 Å². The summed E-state index contributed by atoms with van der Waals surface area (Å²) in [5.74, 6) is -0.148. The quantitative estimate of drug-likeness (QED) is 0.362. The van der Waals surface area contributed by atoms with E-state index in [1.165, 1.54) is 17.8 Å². The number of anilines is 1. The van der Waals surface area contributed by atoms with Crippen LogP contribution in [0.3, 0.4) is 0 Å². The van der Waals surface area contributed by atoms with E-state index in [4.69, 9.17) is 11.6 Å². The lowest BCUT2D eigenvalue weighted by Crippen LogP contribution is -2.15. The predicted octanol–water partition coefficient (Wildman–Crippen LogP) is 5.42. The molecule has 0 spiro atoms. The Morgan fingerprint density at radius 2 is 2.11 bits per heavy atom. The Morgan fingerprint density at radius 3 is 2.82 bits per heavy atom. The maximum absolute atomic E-state index is 14.1. The number of allylic oxidation sites excluding steroid dienone is 1. The van der Waals surface area contributed by atoms with Gasteiger partial charge >= 0.3 is 0 Å². The van der Waals surface area contributed by atoms with Crippen LogP contribution in [0.15, 0.2) is 64.7 Å². The van der Waals surface area contributed by atoms with Gasteiger partial charge in [0.1, 0.15) is 5.82 Å². The highest BCUT2D eigenvalue weighted by molar-refractivity contribution is 9.10. The number of carbonyl (C=O) groups is 1. The molecule has 0 fully saturated rings. The first kappa shape index (κ1) is 20.6. The number of amides is 1. The van der Waals surface area contributed by atoms with Crippen molar-refractivity contribution in [2.75, 3.05) is 11.1 Å². The molecule has 0 saturated heterocycles. The zero-order chi connectivity index (χ0) is 20.1. The SMILES string of the molecule is C=CCn1c(SCC(=O)Nc2ccc(Br)cc2Cl)nnc1-c1ccccc1F. The zero-order valence-electron chi connectivity index (χ0n) is 14.5. The Hall–Kier alpha value is -2.16. The molecule has 5 nitrogen and oxygen atoms in total. The lowest BCUT2D eigenvalue weighted by Gasteiger charge is -2.09. The topological polar surface area (TPSA) is 59.8 Å². The van der Waals surface area contributed by atoms with Crippen molar-refractivity contribution < 1.29 is 9.18 Å². The number of carbonyl (C=O) groups excluding carboxylic acids is 1. The van der Waals surface area contributed by atoms with E-state index in [0.29, 0.717) is 33.8 Å². The standard InChI is InChI=1S/C19H15BrClFN4OS/c1-2-9-26-18(13-5-3-4-6-15(13)22)24-25-19(26)28-11-17(27)23-16-8-7-12(20)10-14(16)21/h2-8,10H,1,9,11H2,(H,23,27). The van der Waals surface area contributed by atoms with Gasteiger partial charge in [-0.15, -0.1) is 16.8 Å². The number of hydrogen-bond donors (Lipinski definition) is 1. The van der Waals surface area contributed by atoms with Crippen LogP contribution in [-0.4, -0.2) is 26.4 Å². The second-order valence-corrected chi connectivity index (χ2v) is 7.91. The molecular formula is C19H15BrClFN4OS. The first-order valence-corrected chi connectivity index (χ1v) is 10.3. The molecule has 1 heterocycles. The second kappa shape index (κ2) is 9.36. The summed E-state index contributed by atoms with van der Waals surface area (Å²) in [6, 6.07) is 11.5. The summed E-state index contributed by atoms with van der Waals surface area (Å²) in [7, 11) is 0. The third-order valence-corrected chi connectivity index (χ3v) is 5.45. The Kier molecular flexibility index (Phi) is 6.88. The van der Waals surface area contributed by atoms with Gasteiger partial charge in [-0.1, -0.05) is 57.5 Å². The minimum Gasteiger partial charge on any atom is -0.324 e.